The number of hydrogen-bond acceptors (Lipinski definition) is 7. The number of aliphatic hydroxyl groups is 2. The lowest BCUT2D eigenvalue weighted by atomic mass is 9.89. The van der Waals surface area contributed by atoms with E-state index in [-0.39, 0.29) is 19.3 Å². The predicted octanol–water partition coefficient (Wildman–Crippen LogP) is 9.08. The highest BCUT2D eigenvalue weighted by molar-refractivity contribution is 6.32. The third kappa shape index (κ3) is 8.12. The molecule has 1 aliphatic carbocycles. The second-order valence-electron chi connectivity index (χ2n) is 14.3. The van der Waals surface area contributed by atoms with Gasteiger partial charge < -0.3 is 19.7 Å². The van der Waals surface area contributed by atoms with Crippen molar-refractivity contribution in [3.63, 3.8) is 0 Å². The van der Waals surface area contributed by atoms with Gasteiger partial charge in [-0.15, -0.1) is 0 Å². The lowest BCUT2D eigenvalue weighted by molar-refractivity contribution is 0.159. The van der Waals surface area contributed by atoms with Crippen LogP contribution in [0.1, 0.15) is 76.2 Å². The summed E-state index contributed by atoms with van der Waals surface area (Å²) < 4.78 is 12.7. The Balaban J connectivity index is 1.10. The van der Waals surface area contributed by atoms with Crippen molar-refractivity contribution in [1.82, 2.24) is 9.88 Å². The summed E-state index contributed by atoms with van der Waals surface area (Å²) in [7, 11) is 0. The van der Waals surface area contributed by atoms with Crippen LogP contribution in [0.2, 0.25) is 5.02 Å². The average Bonchev–Trinajstić information content (AvgIpc) is 3.80. The number of rotatable bonds is 13. The first-order chi connectivity index (χ1) is 25.8. The van der Waals surface area contributed by atoms with E-state index >= 15 is 0 Å². The first kappa shape index (κ1) is 36.6. The molecule has 1 aromatic heterocycles. The van der Waals surface area contributed by atoms with Gasteiger partial charge in [0.05, 0.1) is 16.7 Å². The largest absolute Gasteiger partial charge is 0.488 e. The minimum Gasteiger partial charge on any atom is -0.488 e. The lowest BCUT2D eigenvalue weighted by Crippen LogP contribution is -2.26. The summed E-state index contributed by atoms with van der Waals surface area (Å²) in [4.78, 5) is 6.61. The van der Waals surface area contributed by atoms with Gasteiger partial charge in [0.2, 0.25) is 0 Å². The molecule has 2 aliphatic rings. The van der Waals surface area contributed by atoms with E-state index in [1.54, 1.807) is 12.3 Å². The van der Waals surface area contributed by atoms with Crippen molar-refractivity contribution >= 4 is 11.6 Å². The van der Waals surface area contributed by atoms with Crippen molar-refractivity contribution in [2.45, 2.75) is 77.7 Å². The molecule has 53 heavy (non-hydrogen) atoms. The van der Waals surface area contributed by atoms with Crippen LogP contribution in [0.5, 0.6) is 11.5 Å². The van der Waals surface area contributed by atoms with E-state index in [2.05, 4.69) is 84.4 Å². The molecule has 2 heterocycles. The van der Waals surface area contributed by atoms with Crippen LogP contribution in [0.4, 0.5) is 0 Å². The van der Waals surface area contributed by atoms with Gasteiger partial charge in [-0.3, -0.25) is 9.88 Å². The smallest absolute Gasteiger partial charge is 0.142 e. The summed E-state index contributed by atoms with van der Waals surface area (Å²) in [6.45, 7) is 6.80. The Labute approximate surface area is 317 Å². The van der Waals surface area contributed by atoms with Crippen molar-refractivity contribution in [3.05, 3.63) is 135 Å². The standard InChI is InChI=1S/C45H46ClN3O4/c1-29-36(28-53-45-22-44(35(21-42(45)46)7-3-4-18-50)52-27-32-19-31(23-47)24-48-25-32)8-5-10-39(29)40-11-6-9-38(30(40)2)33-12-14-41-34(20-33)13-15-43(41)49-17-16-37(51)26-49/h5-6,8-12,14,19-22,24-25,37,43,50-51H,3-4,7,13,15-18,26-28H2,1-2H3/t37-,43?/m0/s1. The Hall–Kier alpha value is -4.71. The van der Waals surface area contributed by atoms with Gasteiger partial charge >= 0.3 is 0 Å². The Kier molecular flexibility index (Phi) is 11.4. The lowest BCUT2D eigenvalue weighted by Gasteiger charge is -2.24. The third-order valence-electron chi connectivity index (χ3n) is 10.9. The number of aliphatic hydroxyl groups excluding tert-OH is 2. The molecular weight excluding hydrogens is 682 g/mol. The number of nitrogens with zero attached hydrogens (tertiary/aromatic N) is 3. The molecule has 7 rings (SSSR count). The maximum Gasteiger partial charge on any atom is 0.142 e. The minimum atomic E-state index is -0.202. The predicted molar refractivity (Wildman–Crippen MR) is 209 cm³/mol. The first-order valence-electron chi connectivity index (χ1n) is 18.6. The van der Waals surface area contributed by atoms with E-state index in [0.29, 0.717) is 47.6 Å². The van der Waals surface area contributed by atoms with E-state index in [9.17, 15) is 15.5 Å². The average molecular weight is 728 g/mol. The molecule has 0 bridgehead atoms. The molecule has 1 fully saturated rings. The van der Waals surface area contributed by atoms with E-state index < -0.39 is 0 Å². The highest BCUT2D eigenvalue weighted by Crippen LogP contribution is 2.41. The second-order valence-corrected chi connectivity index (χ2v) is 14.7. The molecule has 2 atom stereocenters. The highest BCUT2D eigenvalue weighted by Gasteiger charge is 2.32. The zero-order valence-corrected chi connectivity index (χ0v) is 31.2. The van der Waals surface area contributed by atoms with Crippen LogP contribution in [0.3, 0.4) is 0 Å². The summed E-state index contributed by atoms with van der Waals surface area (Å²) in [6, 6.07) is 27.9. The number of hydrogen-bond donors (Lipinski definition) is 2. The van der Waals surface area contributed by atoms with Crippen molar-refractivity contribution in [3.8, 4) is 39.8 Å². The molecule has 0 spiro atoms. The molecule has 0 radical (unpaired) electrons. The van der Waals surface area contributed by atoms with Crippen molar-refractivity contribution < 1.29 is 19.7 Å². The molecular formula is C45H46ClN3O4. The number of aryl methyl sites for hydroxylation is 2. The molecule has 1 unspecified atom stereocenters. The normalized spacial score (nSPS) is 16.8. The van der Waals surface area contributed by atoms with Crippen molar-refractivity contribution in [1.29, 1.82) is 5.26 Å². The van der Waals surface area contributed by atoms with Gasteiger partial charge in [0.1, 0.15) is 30.8 Å². The number of aromatic nitrogens is 1. The van der Waals surface area contributed by atoms with E-state index in [1.165, 1.54) is 45.1 Å². The summed E-state index contributed by atoms with van der Waals surface area (Å²) in [5.74, 6) is 1.18. The zero-order chi connectivity index (χ0) is 36.9. The topological polar surface area (TPSA) is 98.8 Å². The van der Waals surface area contributed by atoms with Gasteiger partial charge in [-0.2, -0.15) is 5.26 Å². The molecule has 8 heteroatoms. The quantitative estimate of drug-likeness (QED) is 0.117. The van der Waals surface area contributed by atoms with Crippen molar-refractivity contribution in [2.24, 2.45) is 0 Å². The number of halogens is 1. The van der Waals surface area contributed by atoms with Crippen LogP contribution in [-0.2, 0) is 26.1 Å². The van der Waals surface area contributed by atoms with E-state index in [1.807, 2.05) is 12.1 Å². The van der Waals surface area contributed by atoms with Gasteiger partial charge in [0.15, 0.2) is 0 Å². The number of ether oxygens (including phenoxy) is 2. The molecule has 7 nitrogen and oxygen atoms in total. The zero-order valence-electron chi connectivity index (χ0n) is 30.4. The maximum atomic E-state index is 10.1. The summed E-state index contributed by atoms with van der Waals surface area (Å²) >= 11 is 6.79. The second kappa shape index (κ2) is 16.5. The number of benzene rings is 4. The van der Waals surface area contributed by atoms with Crippen LogP contribution >= 0.6 is 11.6 Å². The monoisotopic (exact) mass is 727 g/mol. The van der Waals surface area contributed by atoms with Gasteiger partial charge in [-0.25, -0.2) is 0 Å². The number of pyridine rings is 1. The van der Waals surface area contributed by atoms with Crippen LogP contribution in [0.15, 0.2) is 85.2 Å². The fourth-order valence-electron chi connectivity index (χ4n) is 7.95. The fourth-order valence-corrected chi connectivity index (χ4v) is 8.19. The molecule has 2 N–H and O–H groups in total. The fraction of sp³-hybridized carbons (Fsp3) is 0.333. The van der Waals surface area contributed by atoms with Crippen molar-refractivity contribution in [2.75, 3.05) is 19.7 Å². The molecule has 5 aromatic rings. The van der Waals surface area contributed by atoms with Gasteiger partial charge in [0, 0.05) is 49.8 Å². The van der Waals surface area contributed by atoms with Crippen LogP contribution in [-0.4, -0.2) is 45.9 Å². The molecule has 1 aliphatic heterocycles. The molecule has 272 valence electrons. The van der Waals surface area contributed by atoms with Gasteiger partial charge in [0.25, 0.3) is 0 Å². The Morgan fingerprint density at radius 2 is 1.66 bits per heavy atom. The number of unbranched alkanes of at least 4 members (excludes halogenated alkanes) is 1. The molecule has 0 amide bonds. The maximum absolute atomic E-state index is 10.1. The number of fused-ring (bicyclic) bond motifs is 1. The summed E-state index contributed by atoms with van der Waals surface area (Å²) in [6.07, 6.45) is 8.23. The van der Waals surface area contributed by atoms with E-state index in [4.69, 9.17) is 21.1 Å². The first-order valence-corrected chi connectivity index (χ1v) is 19.0. The van der Waals surface area contributed by atoms with Gasteiger partial charge in [-0.05, 0) is 120 Å². The van der Waals surface area contributed by atoms with Crippen LogP contribution in [0.25, 0.3) is 22.3 Å². The summed E-state index contributed by atoms with van der Waals surface area (Å²) in [5.41, 5.74) is 13.3. The molecule has 0 saturated carbocycles. The molecule has 4 aromatic carbocycles. The van der Waals surface area contributed by atoms with Gasteiger partial charge in [-0.1, -0.05) is 66.2 Å². The van der Waals surface area contributed by atoms with Crippen LogP contribution < -0.4 is 9.47 Å². The Morgan fingerprint density at radius 3 is 2.45 bits per heavy atom. The number of nitriles is 1. The highest BCUT2D eigenvalue weighted by atomic mass is 35.5. The Bertz CT molecular complexity index is 2140. The van der Waals surface area contributed by atoms with E-state index in [0.717, 1.165) is 61.0 Å². The number of β-amino-alcohol motifs (C(OH)–C–C–N with tert-alkyl or cyclic N) is 1. The summed E-state index contributed by atoms with van der Waals surface area (Å²) in [5, 5.41) is 29.3. The Morgan fingerprint density at radius 1 is 0.868 bits per heavy atom. The van der Waals surface area contributed by atoms with Crippen LogP contribution in [0, 0.1) is 25.2 Å². The molecule has 1 saturated heterocycles. The minimum absolute atomic E-state index is 0.125. The SMILES string of the molecule is Cc1c(COc2cc(OCc3cncc(C#N)c3)c(CCCCO)cc2Cl)cccc1-c1cccc(-c2ccc3c(c2)CCC3N2CC[C@H](O)C2)c1C. The number of likely N-dealkylation sites (tertiary alicyclic amines) is 1. The third-order valence-corrected chi connectivity index (χ3v) is 11.2.